The second-order valence-electron chi connectivity index (χ2n) is 3.44. The SMILES string of the molecule is COCCNCc1cccn1CCCO. The lowest BCUT2D eigenvalue weighted by Gasteiger charge is -2.09. The lowest BCUT2D eigenvalue weighted by molar-refractivity contribution is 0.199. The average Bonchev–Trinajstić information content (AvgIpc) is 2.69. The van der Waals surface area contributed by atoms with Crippen molar-refractivity contribution in [3.63, 3.8) is 0 Å². The highest BCUT2D eigenvalue weighted by Gasteiger charge is 1.99. The van der Waals surface area contributed by atoms with Crippen molar-refractivity contribution in [2.75, 3.05) is 26.9 Å². The zero-order valence-electron chi connectivity index (χ0n) is 9.28. The molecule has 1 heterocycles. The molecule has 15 heavy (non-hydrogen) atoms. The Morgan fingerprint density at radius 3 is 3.13 bits per heavy atom. The van der Waals surface area contributed by atoms with Gasteiger partial charge in [0.15, 0.2) is 0 Å². The summed E-state index contributed by atoms with van der Waals surface area (Å²) in [6.45, 7) is 3.57. The average molecular weight is 212 g/mol. The maximum atomic E-state index is 8.76. The third-order valence-electron chi connectivity index (χ3n) is 2.27. The Balaban J connectivity index is 2.29. The molecule has 2 N–H and O–H groups in total. The van der Waals surface area contributed by atoms with Crippen LogP contribution in [0.4, 0.5) is 0 Å². The number of aliphatic hydroxyl groups is 1. The normalized spacial score (nSPS) is 10.8. The minimum absolute atomic E-state index is 0.245. The number of nitrogens with zero attached hydrogens (tertiary/aromatic N) is 1. The van der Waals surface area contributed by atoms with Crippen molar-refractivity contribution in [3.05, 3.63) is 24.0 Å². The van der Waals surface area contributed by atoms with Gasteiger partial charge in [-0.1, -0.05) is 0 Å². The van der Waals surface area contributed by atoms with E-state index in [1.165, 1.54) is 5.69 Å². The molecule has 86 valence electrons. The molecule has 0 radical (unpaired) electrons. The van der Waals surface area contributed by atoms with Crippen LogP contribution in [0.15, 0.2) is 18.3 Å². The molecule has 0 aromatic carbocycles. The molecular formula is C11H20N2O2. The zero-order valence-corrected chi connectivity index (χ0v) is 9.28. The Morgan fingerprint density at radius 1 is 1.53 bits per heavy atom. The fourth-order valence-corrected chi connectivity index (χ4v) is 1.46. The van der Waals surface area contributed by atoms with Crippen molar-refractivity contribution < 1.29 is 9.84 Å². The van der Waals surface area contributed by atoms with E-state index in [0.717, 1.165) is 32.7 Å². The van der Waals surface area contributed by atoms with E-state index < -0.39 is 0 Å². The molecule has 0 amide bonds. The van der Waals surface area contributed by atoms with Gasteiger partial charge in [-0.2, -0.15) is 0 Å². The highest BCUT2D eigenvalue weighted by molar-refractivity contribution is 5.06. The van der Waals surface area contributed by atoms with Gasteiger partial charge in [0, 0.05) is 45.2 Å². The molecule has 0 atom stereocenters. The number of methoxy groups -OCH3 is 1. The third kappa shape index (κ3) is 4.46. The topological polar surface area (TPSA) is 46.4 Å². The Hall–Kier alpha value is -0.840. The van der Waals surface area contributed by atoms with Crippen molar-refractivity contribution in [2.45, 2.75) is 19.5 Å². The van der Waals surface area contributed by atoms with Crippen LogP contribution in [0.1, 0.15) is 12.1 Å². The quantitative estimate of drug-likeness (QED) is 0.621. The number of nitrogens with one attached hydrogen (secondary N) is 1. The Labute approximate surface area is 90.9 Å². The van der Waals surface area contributed by atoms with Crippen molar-refractivity contribution in [2.24, 2.45) is 0 Å². The van der Waals surface area contributed by atoms with Crippen molar-refractivity contribution >= 4 is 0 Å². The van der Waals surface area contributed by atoms with Gasteiger partial charge >= 0.3 is 0 Å². The van der Waals surface area contributed by atoms with Gasteiger partial charge in [-0.3, -0.25) is 0 Å². The second kappa shape index (κ2) is 7.45. The fraction of sp³-hybridized carbons (Fsp3) is 0.636. The van der Waals surface area contributed by atoms with E-state index in [2.05, 4.69) is 16.0 Å². The van der Waals surface area contributed by atoms with Crippen LogP contribution in [-0.4, -0.2) is 36.5 Å². The minimum Gasteiger partial charge on any atom is -0.396 e. The molecule has 0 saturated carbocycles. The van der Waals surface area contributed by atoms with Crippen LogP contribution < -0.4 is 5.32 Å². The minimum atomic E-state index is 0.245. The molecule has 0 aliphatic carbocycles. The molecular weight excluding hydrogens is 192 g/mol. The Kier molecular flexibility index (Phi) is 6.08. The van der Waals surface area contributed by atoms with Crippen molar-refractivity contribution in [3.8, 4) is 0 Å². The van der Waals surface area contributed by atoms with E-state index in [-0.39, 0.29) is 6.61 Å². The molecule has 0 bridgehead atoms. The summed E-state index contributed by atoms with van der Waals surface area (Å²) >= 11 is 0. The van der Waals surface area contributed by atoms with Crippen LogP contribution >= 0.6 is 0 Å². The zero-order chi connectivity index (χ0) is 10.9. The van der Waals surface area contributed by atoms with Gasteiger partial charge < -0.3 is 19.7 Å². The molecule has 0 saturated heterocycles. The predicted molar refractivity (Wildman–Crippen MR) is 59.7 cm³/mol. The fourth-order valence-electron chi connectivity index (χ4n) is 1.46. The first-order valence-corrected chi connectivity index (χ1v) is 5.33. The van der Waals surface area contributed by atoms with Crippen LogP contribution in [0, 0.1) is 0 Å². The summed E-state index contributed by atoms with van der Waals surface area (Å²) < 4.78 is 7.12. The number of aromatic nitrogens is 1. The summed E-state index contributed by atoms with van der Waals surface area (Å²) in [4.78, 5) is 0. The smallest absolute Gasteiger partial charge is 0.0587 e. The third-order valence-corrected chi connectivity index (χ3v) is 2.27. The lowest BCUT2D eigenvalue weighted by atomic mass is 10.4. The summed E-state index contributed by atoms with van der Waals surface area (Å²) in [6.07, 6.45) is 2.85. The van der Waals surface area contributed by atoms with Gasteiger partial charge in [0.05, 0.1) is 6.61 Å². The van der Waals surface area contributed by atoms with E-state index in [0.29, 0.717) is 0 Å². The first-order chi connectivity index (χ1) is 7.38. The van der Waals surface area contributed by atoms with Gasteiger partial charge in [0.2, 0.25) is 0 Å². The number of aliphatic hydroxyl groups excluding tert-OH is 1. The van der Waals surface area contributed by atoms with Gasteiger partial charge in [0.25, 0.3) is 0 Å². The van der Waals surface area contributed by atoms with E-state index in [1.54, 1.807) is 7.11 Å². The molecule has 0 fully saturated rings. The Morgan fingerprint density at radius 2 is 2.40 bits per heavy atom. The van der Waals surface area contributed by atoms with E-state index >= 15 is 0 Å². The molecule has 1 aromatic rings. The summed E-state index contributed by atoms with van der Waals surface area (Å²) in [6, 6.07) is 4.13. The number of rotatable bonds is 8. The molecule has 1 aromatic heterocycles. The molecule has 0 aliphatic rings. The summed E-state index contributed by atoms with van der Waals surface area (Å²) in [5, 5.41) is 12.1. The maximum absolute atomic E-state index is 8.76. The number of hydrogen-bond acceptors (Lipinski definition) is 3. The second-order valence-corrected chi connectivity index (χ2v) is 3.44. The highest BCUT2D eigenvalue weighted by Crippen LogP contribution is 2.02. The first kappa shape index (κ1) is 12.2. The van der Waals surface area contributed by atoms with Crippen LogP contribution in [0.2, 0.25) is 0 Å². The maximum Gasteiger partial charge on any atom is 0.0587 e. The van der Waals surface area contributed by atoms with E-state index in [4.69, 9.17) is 9.84 Å². The number of hydrogen-bond donors (Lipinski definition) is 2. The summed E-state index contributed by atoms with van der Waals surface area (Å²) in [5.74, 6) is 0. The highest BCUT2D eigenvalue weighted by atomic mass is 16.5. The predicted octanol–water partition coefficient (Wildman–Crippen LogP) is 0.606. The monoisotopic (exact) mass is 212 g/mol. The number of ether oxygens (including phenoxy) is 1. The van der Waals surface area contributed by atoms with Crippen LogP contribution in [0.5, 0.6) is 0 Å². The van der Waals surface area contributed by atoms with Crippen molar-refractivity contribution in [1.29, 1.82) is 0 Å². The first-order valence-electron chi connectivity index (χ1n) is 5.33. The summed E-state index contributed by atoms with van der Waals surface area (Å²) in [5.41, 5.74) is 1.25. The van der Waals surface area contributed by atoms with Crippen LogP contribution in [-0.2, 0) is 17.8 Å². The van der Waals surface area contributed by atoms with Crippen LogP contribution in [0.3, 0.4) is 0 Å². The lowest BCUT2D eigenvalue weighted by Crippen LogP contribution is -2.20. The molecule has 4 heteroatoms. The van der Waals surface area contributed by atoms with Gasteiger partial charge in [-0.25, -0.2) is 0 Å². The Bertz CT molecular complexity index is 261. The summed E-state index contributed by atoms with van der Waals surface area (Å²) in [7, 11) is 1.70. The molecule has 1 rings (SSSR count). The molecule has 0 unspecified atom stereocenters. The van der Waals surface area contributed by atoms with Gasteiger partial charge in [0.1, 0.15) is 0 Å². The standard InChI is InChI=1S/C11H20N2O2/c1-15-9-5-12-10-11-4-2-6-13(11)7-3-8-14/h2,4,6,12,14H,3,5,7-10H2,1H3. The van der Waals surface area contributed by atoms with E-state index in [9.17, 15) is 0 Å². The largest absolute Gasteiger partial charge is 0.396 e. The van der Waals surface area contributed by atoms with Gasteiger partial charge in [-0.15, -0.1) is 0 Å². The van der Waals surface area contributed by atoms with Crippen molar-refractivity contribution in [1.82, 2.24) is 9.88 Å². The molecule has 0 aliphatic heterocycles. The molecule has 4 nitrogen and oxygen atoms in total. The van der Waals surface area contributed by atoms with Crippen LogP contribution in [0.25, 0.3) is 0 Å². The van der Waals surface area contributed by atoms with E-state index in [1.807, 2.05) is 12.3 Å². The number of aryl methyl sites for hydroxylation is 1. The molecule has 0 spiro atoms. The van der Waals surface area contributed by atoms with Gasteiger partial charge in [-0.05, 0) is 18.6 Å².